The Morgan fingerprint density at radius 2 is 2.20 bits per heavy atom. The lowest BCUT2D eigenvalue weighted by Crippen LogP contribution is -2.52. The summed E-state index contributed by atoms with van der Waals surface area (Å²) in [5, 5.41) is 4.35. The minimum Gasteiger partial charge on any atom is -0.476 e. The topological polar surface area (TPSA) is 39.5 Å². The van der Waals surface area contributed by atoms with Gasteiger partial charge in [0.05, 0.1) is 31.4 Å². The van der Waals surface area contributed by atoms with Crippen molar-refractivity contribution < 1.29 is 9.47 Å². The van der Waals surface area contributed by atoms with E-state index in [0.717, 1.165) is 37.9 Å². The number of hydrogen-bond acceptors (Lipinski definition) is 4. The molecule has 0 saturated carbocycles. The van der Waals surface area contributed by atoms with E-state index in [2.05, 4.69) is 5.10 Å². The number of nitrogens with zero attached hydrogens (tertiary/aromatic N) is 3. The second-order valence-electron chi connectivity index (χ2n) is 4.67. The second kappa shape index (κ2) is 2.88. The Kier molecular flexibility index (Phi) is 1.74. The van der Waals surface area contributed by atoms with E-state index < -0.39 is 0 Å². The summed E-state index contributed by atoms with van der Waals surface area (Å²) in [6.45, 7) is 3.25. The monoisotopic (exact) mass is 209 g/mol. The van der Waals surface area contributed by atoms with Crippen LogP contribution >= 0.6 is 0 Å². The van der Waals surface area contributed by atoms with E-state index in [4.69, 9.17) is 9.47 Å². The van der Waals surface area contributed by atoms with E-state index in [1.807, 2.05) is 29.9 Å². The normalized spacial score (nSPS) is 21.7. The summed E-state index contributed by atoms with van der Waals surface area (Å²) in [4.78, 5) is 2.02. The molecule has 0 aromatic carbocycles. The number of aromatic nitrogens is 2. The molecule has 0 N–H and O–H groups in total. The lowest BCUT2D eigenvalue weighted by atomic mass is 9.86. The highest BCUT2D eigenvalue weighted by atomic mass is 16.5. The Morgan fingerprint density at radius 1 is 1.40 bits per heavy atom. The van der Waals surface area contributed by atoms with Gasteiger partial charge in [-0.05, 0) is 0 Å². The van der Waals surface area contributed by atoms with Gasteiger partial charge in [-0.2, -0.15) is 5.10 Å². The largest absolute Gasteiger partial charge is 0.476 e. The average Bonchev–Trinajstić information content (AvgIpc) is 2.57. The van der Waals surface area contributed by atoms with Crippen molar-refractivity contribution in [2.45, 2.75) is 6.54 Å². The van der Waals surface area contributed by atoms with Crippen LogP contribution in [0.1, 0.15) is 0 Å². The number of hydrogen-bond donors (Lipinski definition) is 0. The molecule has 1 fully saturated rings. The van der Waals surface area contributed by atoms with Gasteiger partial charge in [0.15, 0.2) is 0 Å². The maximum absolute atomic E-state index is 5.79. The van der Waals surface area contributed by atoms with Gasteiger partial charge in [0, 0.05) is 14.1 Å². The first-order valence-corrected chi connectivity index (χ1v) is 5.14. The van der Waals surface area contributed by atoms with Crippen LogP contribution < -0.4 is 9.64 Å². The predicted octanol–water partition coefficient (Wildman–Crippen LogP) is 0.358. The molecular weight excluding hydrogens is 194 g/mol. The van der Waals surface area contributed by atoms with Gasteiger partial charge in [-0.15, -0.1) is 0 Å². The zero-order valence-electron chi connectivity index (χ0n) is 9.06. The fourth-order valence-corrected chi connectivity index (χ4v) is 2.08. The third kappa shape index (κ3) is 1.23. The summed E-state index contributed by atoms with van der Waals surface area (Å²) in [6, 6.07) is 0. The standard InChI is InChI=1S/C10H15N3O2/c1-12(2)8-3-11-13-4-10(5-14-6-10)7-15-9(8)13/h3H,4-7H2,1-2H3. The van der Waals surface area contributed by atoms with E-state index in [1.165, 1.54) is 0 Å². The van der Waals surface area contributed by atoms with Crippen molar-refractivity contribution in [1.29, 1.82) is 0 Å². The molecule has 1 saturated heterocycles. The molecule has 5 nitrogen and oxygen atoms in total. The van der Waals surface area contributed by atoms with Crippen molar-refractivity contribution in [3.8, 4) is 5.88 Å². The lowest BCUT2D eigenvalue weighted by Gasteiger charge is -2.43. The van der Waals surface area contributed by atoms with Crippen LogP contribution in [0.3, 0.4) is 0 Å². The molecule has 1 aromatic rings. The molecular formula is C10H15N3O2. The number of rotatable bonds is 1. The molecule has 15 heavy (non-hydrogen) atoms. The first-order valence-electron chi connectivity index (χ1n) is 5.14. The van der Waals surface area contributed by atoms with Crippen LogP contribution in [-0.2, 0) is 11.3 Å². The molecule has 0 aliphatic carbocycles. The SMILES string of the molecule is CN(C)c1cnn2c1OCC1(COC1)C2. The van der Waals surface area contributed by atoms with Gasteiger partial charge in [-0.3, -0.25) is 0 Å². The molecule has 0 unspecified atom stereocenters. The summed E-state index contributed by atoms with van der Waals surface area (Å²) < 4.78 is 13.0. The summed E-state index contributed by atoms with van der Waals surface area (Å²) >= 11 is 0. The first kappa shape index (κ1) is 9.03. The Hall–Kier alpha value is -1.23. The summed E-state index contributed by atoms with van der Waals surface area (Å²) in [5.74, 6) is 0.887. The number of ether oxygens (including phenoxy) is 2. The fourth-order valence-electron chi connectivity index (χ4n) is 2.08. The molecule has 1 aromatic heterocycles. The summed E-state index contributed by atoms with van der Waals surface area (Å²) in [5.41, 5.74) is 1.23. The summed E-state index contributed by atoms with van der Waals surface area (Å²) in [6.07, 6.45) is 1.86. The molecule has 2 aliphatic rings. The third-order valence-corrected chi connectivity index (χ3v) is 3.07. The molecule has 1 spiro atoms. The van der Waals surface area contributed by atoms with E-state index in [9.17, 15) is 0 Å². The fraction of sp³-hybridized carbons (Fsp3) is 0.700. The predicted molar refractivity (Wildman–Crippen MR) is 55.3 cm³/mol. The molecule has 3 rings (SSSR count). The van der Waals surface area contributed by atoms with E-state index in [-0.39, 0.29) is 5.41 Å². The van der Waals surface area contributed by atoms with Crippen LogP contribution in [0.15, 0.2) is 6.20 Å². The maximum atomic E-state index is 5.79. The van der Waals surface area contributed by atoms with E-state index in [1.54, 1.807) is 0 Å². The Bertz CT molecular complexity index is 382. The molecule has 0 bridgehead atoms. The molecule has 3 heterocycles. The Morgan fingerprint density at radius 3 is 2.80 bits per heavy atom. The quantitative estimate of drug-likeness (QED) is 0.669. The smallest absolute Gasteiger partial charge is 0.236 e. The maximum Gasteiger partial charge on any atom is 0.236 e. The van der Waals surface area contributed by atoms with Gasteiger partial charge < -0.3 is 14.4 Å². The zero-order chi connectivity index (χ0) is 10.5. The highest BCUT2D eigenvalue weighted by molar-refractivity contribution is 5.53. The van der Waals surface area contributed by atoms with Crippen molar-refractivity contribution in [3.05, 3.63) is 6.20 Å². The molecule has 5 heteroatoms. The third-order valence-electron chi connectivity index (χ3n) is 3.07. The number of anilines is 1. The van der Waals surface area contributed by atoms with Crippen LogP contribution in [-0.4, -0.2) is 43.7 Å². The van der Waals surface area contributed by atoms with Gasteiger partial charge >= 0.3 is 0 Å². The van der Waals surface area contributed by atoms with Gasteiger partial charge in [0.1, 0.15) is 12.3 Å². The first-order chi connectivity index (χ1) is 7.20. The van der Waals surface area contributed by atoms with Gasteiger partial charge in [0.2, 0.25) is 5.88 Å². The highest BCUT2D eigenvalue weighted by Crippen LogP contribution is 2.39. The van der Waals surface area contributed by atoms with Crippen LogP contribution in [0.4, 0.5) is 5.69 Å². The van der Waals surface area contributed by atoms with Crippen LogP contribution in [0, 0.1) is 5.41 Å². The van der Waals surface area contributed by atoms with E-state index >= 15 is 0 Å². The number of fused-ring (bicyclic) bond motifs is 1. The van der Waals surface area contributed by atoms with Gasteiger partial charge in [-0.1, -0.05) is 0 Å². The van der Waals surface area contributed by atoms with E-state index in [0.29, 0.717) is 0 Å². The lowest BCUT2D eigenvalue weighted by molar-refractivity contribution is -0.153. The van der Waals surface area contributed by atoms with Gasteiger partial charge in [-0.25, -0.2) is 4.68 Å². The van der Waals surface area contributed by atoms with Crippen LogP contribution in [0.5, 0.6) is 5.88 Å². The minimum absolute atomic E-state index is 0.183. The van der Waals surface area contributed by atoms with Gasteiger partial charge in [0.25, 0.3) is 0 Å². The average molecular weight is 209 g/mol. The second-order valence-corrected chi connectivity index (χ2v) is 4.67. The minimum atomic E-state index is 0.183. The van der Waals surface area contributed by atoms with Crippen LogP contribution in [0.2, 0.25) is 0 Å². The Labute approximate surface area is 88.6 Å². The van der Waals surface area contributed by atoms with Crippen molar-refractivity contribution in [1.82, 2.24) is 9.78 Å². The van der Waals surface area contributed by atoms with Crippen molar-refractivity contribution >= 4 is 5.69 Å². The Balaban J connectivity index is 1.91. The van der Waals surface area contributed by atoms with Crippen molar-refractivity contribution in [2.75, 3.05) is 38.8 Å². The summed E-state index contributed by atoms with van der Waals surface area (Å²) in [7, 11) is 4.00. The highest BCUT2D eigenvalue weighted by Gasteiger charge is 2.44. The zero-order valence-corrected chi connectivity index (χ0v) is 9.06. The molecule has 2 aliphatic heterocycles. The molecule has 82 valence electrons. The molecule has 0 amide bonds. The molecule has 0 atom stereocenters. The van der Waals surface area contributed by atoms with Crippen molar-refractivity contribution in [3.63, 3.8) is 0 Å². The van der Waals surface area contributed by atoms with Crippen molar-refractivity contribution in [2.24, 2.45) is 5.41 Å². The van der Waals surface area contributed by atoms with Crippen LogP contribution in [0.25, 0.3) is 0 Å². The molecule has 0 radical (unpaired) electrons.